The van der Waals surface area contributed by atoms with Gasteiger partial charge in [0.15, 0.2) is 0 Å². The van der Waals surface area contributed by atoms with Crippen molar-refractivity contribution < 1.29 is 0 Å². The molecule has 0 N–H and O–H groups in total. The Morgan fingerprint density at radius 1 is 0.923 bits per heavy atom. The van der Waals surface area contributed by atoms with Crippen LogP contribution < -0.4 is 0 Å². The molecule has 0 aliphatic heterocycles. The lowest BCUT2D eigenvalue weighted by molar-refractivity contribution is 0.779. The fourth-order valence-electron chi connectivity index (χ4n) is 0.945. The molecule has 0 amide bonds. The van der Waals surface area contributed by atoms with Crippen molar-refractivity contribution in [2.24, 2.45) is 0 Å². The Kier molecular flexibility index (Phi) is 13.4. The van der Waals surface area contributed by atoms with Gasteiger partial charge in [0.1, 0.15) is 0 Å². The lowest BCUT2D eigenvalue weighted by Gasteiger charge is -2.00. The minimum absolute atomic E-state index is 1.23. The van der Waals surface area contributed by atoms with E-state index >= 15 is 0 Å². The molecular weight excluding hydrogens is 196 g/mol. The maximum absolute atomic E-state index is 2.37. The second-order valence-electron chi connectivity index (χ2n) is 3.17. The Hall–Kier alpha value is 0.700. The Labute approximate surface area is 92.6 Å². The van der Waals surface area contributed by atoms with E-state index < -0.39 is 0 Å². The molecule has 0 rings (SSSR count). The second kappa shape index (κ2) is 12.7. The van der Waals surface area contributed by atoms with E-state index in [1.807, 2.05) is 11.8 Å². The van der Waals surface area contributed by atoms with Gasteiger partial charge in [0.2, 0.25) is 0 Å². The van der Waals surface area contributed by atoms with Crippen molar-refractivity contribution in [3.8, 4) is 0 Å². The monoisotopic (exact) mass is 219 g/mol. The Bertz CT molecular complexity index is 74.2. The third-order valence-electron chi connectivity index (χ3n) is 1.81. The summed E-state index contributed by atoms with van der Waals surface area (Å²) in [7, 11) is 0. The van der Waals surface area contributed by atoms with Gasteiger partial charge < -0.3 is 0 Å². The molecule has 0 nitrogen and oxygen atoms in total. The molecule has 0 saturated heterocycles. The van der Waals surface area contributed by atoms with E-state index in [9.17, 15) is 0 Å². The van der Waals surface area contributed by atoms with Crippen LogP contribution in [0.5, 0.6) is 0 Å². The molecule has 1 radical (unpaired) electrons. The van der Waals surface area contributed by atoms with Crippen LogP contribution in [0.1, 0.15) is 46.0 Å². The average molecular weight is 219 g/mol. The smallest absolute Gasteiger partial charge is 0.0265 e. The third-order valence-corrected chi connectivity index (χ3v) is 3.93. The number of hydrogen-bond acceptors (Lipinski definition) is 2. The first-order chi connectivity index (χ1) is 6.41. The Morgan fingerprint density at radius 3 is 2.38 bits per heavy atom. The van der Waals surface area contributed by atoms with Crippen LogP contribution in [0.25, 0.3) is 0 Å². The molecule has 0 heterocycles. The van der Waals surface area contributed by atoms with E-state index in [1.54, 1.807) is 0 Å². The largest absolute Gasteiger partial charge is 0.161 e. The summed E-state index contributed by atoms with van der Waals surface area (Å²) >= 11 is 4.07. The van der Waals surface area contributed by atoms with E-state index in [2.05, 4.69) is 31.4 Å². The number of unbranched alkanes of at least 4 members (excludes halogenated alkanes) is 3. The predicted octanol–water partition coefficient (Wildman–Crippen LogP) is 4.60. The molecule has 13 heavy (non-hydrogen) atoms. The zero-order chi connectivity index (χ0) is 9.78. The molecule has 0 bridgehead atoms. The van der Waals surface area contributed by atoms with Crippen LogP contribution in [0.4, 0.5) is 0 Å². The maximum atomic E-state index is 2.37. The fraction of sp³-hybridized carbons (Fsp3) is 0.909. The molecular formula is C11H23S2. The van der Waals surface area contributed by atoms with E-state index in [-0.39, 0.29) is 0 Å². The van der Waals surface area contributed by atoms with Gasteiger partial charge in [-0.15, -0.1) is 0 Å². The van der Waals surface area contributed by atoms with Crippen LogP contribution in [0, 0.1) is 5.75 Å². The summed E-state index contributed by atoms with van der Waals surface area (Å²) in [5, 5.41) is 0. The van der Waals surface area contributed by atoms with Crippen LogP contribution in [0.3, 0.4) is 0 Å². The molecule has 0 aromatic heterocycles. The molecule has 0 atom stereocenters. The standard InChI is InChI=1S/C11H23S2/c1-3-5-7-9-13-11-10-12-8-6-4-2/h11H,3-10H2,1-2H3. The molecule has 0 aromatic carbocycles. The van der Waals surface area contributed by atoms with Crippen molar-refractivity contribution in [2.75, 3.05) is 17.3 Å². The molecule has 0 aliphatic carbocycles. The first-order valence-corrected chi connectivity index (χ1v) is 7.63. The Balaban J connectivity index is 2.76. The van der Waals surface area contributed by atoms with Gasteiger partial charge in [0.05, 0.1) is 0 Å². The lowest BCUT2D eigenvalue weighted by atomic mass is 10.3. The van der Waals surface area contributed by atoms with E-state index in [1.165, 1.54) is 49.4 Å². The second-order valence-corrected chi connectivity index (χ2v) is 5.40. The topological polar surface area (TPSA) is 0 Å². The highest BCUT2D eigenvalue weighted by atomic mass is 32.2. The summed E-state index contributed by atoms with van der Waals surface area (Å²) in [6.07, 6.45) is 6.82. The molecule has 2 heteroatoms. The number of rotatable bonds is 10. The minimum atomic E-state index is 1.23. The van der Waals surface area contributed by atoms with Crippen molar-refractivity contribution in [3.63, 3.8) is 0 Å². The average Bonchev–Trinajstić information content (AvgIpc) is 2.16. The first kappa shape index (κ1) is 13.7. The van der Waals surface area contributed by atoms with Crippen LogP contribution >= 0.6 is 23.5 Å². The van der Waals surface area contributed by atoms with E-state index in [4.69, 9.17) is 0 Å². The third kappa shape index (κ3) is 12.7. The molecule has 0 aromatic rings. The molecule has 0 unspecified atom stereocenters. The van der Waals surface area contributed by atoms with Gasteiger partial charge in [-0.25, -0.2) is 0 Å². The van der Waals surface area contributed by atoms with Crippen molar-refractivity contribution in [3.05, 3.63) is 5.75 Å². The molecule has 0 fully saturated rings. The zero-order valence-electron chi connectivity index (χ0n) is 9.05. The molecule has 0 aliphatic rings. The van der Waals surface area contributed by atoms with Crippen LogP contribution in [0.15, 0.2) is 0 Å². The van der Waals surface area contributed by atoms with Gasteiger partial charge in [-0.1, -0.05) is 33.1 Å². The highest BCUT2D eigenvalue weighted by Gasteiger charge is 1.91. The first-order valence-electron chi connectivity index (χ1n) is 5.42. The van der Waals surface area contributed by atoms with Gasteiger partial charge >= 0.3 is 0 Å². The van der Waals surface area contributed by atoms with Crippen molar-refractivity contribution in [2.45, 2.75) is 46.0 Å². The zero-order valence-corrected chi connectivity index (χ0v) is 10.7. The highest BCUT2D eigenvalue weighted by molar-refractivity contribution is 8.04. The van der Waals surface area contributed by atoms with Crippen molar-refractivity contribution in [1.82, 2.24) is 0 Å². The summed E-state index contributed by atoms with van der Waals surface area (Å²) in [5.74, 6) is 6.26. The van der Waals surface area contributed by atoms with E-state index in [0.717, 1.165) is 0 Å². The Morgan fingerprint density at radius 2 is 1.69 bits per heavy atom. The fourth-order valence-corrected chi connectivity index (χ4v) is 2.91. The molecule has 0 saturated carbocycles. The van der Waals surface area contributed by atoms with Crippen LogP contribution in [-0.2, 0) is 0 Å². The normalized spacial score (nSPS) is 10.6. The minimum Gasteiger partial charge on any atom is -0.161 e. The van der Waals surface area contributed by atoms with Crippen LogP contribution in [0.2, 0.25) is 0 Å². The number of hydrogen-bond donors (Lipinski definition) is 0. The van der Waals surface area contributed by atoms with Crippen LogP contribution in [-0.4, -0.2) is 17.3 Å². The quantitative estimate of drug-likeness (QED) is 0.492. The van der Waals surface area contributed by atoms with Gasteiger partial charge in [-0.2, -0.15) is 23.5 Å². The van der Waals surface area contributed by atoms with Gasteiger partial charge in [-0.3, -0.25) is 0 Å². The summed E-state index contributed by atoms with van der Waals surface area (Å²) in [4.78, 5) is 0. The van der Waals surface area contributed by atoms with Gasteiger partial charge in [-0.05, 0) is 24.3 Å². The summed E-state index contributed by atoms with van der Waals surface area (Å²) in [6.45, 7) is 4.51. The summed E-state index contributed by atoms with van der Waals surface area (Å²) in [5.41, 5.74) is 0. The highest BCUT2D eigenvalue weighted by Crippen LogP contribution is 2.14. The number of thioether (sulfide) groups is 2. The van der Waals surface area contributed by atoms with E-state index in [0.29, 0.717) is 0 Å². The lowest BCUT2D eigenvalue weighted by Crippen LogP contribution is -1.84. The predicted molar refractivity (Wildman–Crippen MR) is 68.5 cm³/mol. The molecule has 0 spiro atoms. The van der Waals surface area contributed by atoms with Gasteiger partial charge in [0.25, 0.3) is 0 Å². The van der Waals surface area contributed by atoms with Gasteiger partial charge in [0, 0.05) is 11.5 Å². The summed E-state index contributed by atoms with van der Waals surface area (Å²) < 4.78 is 0. The SMILES string of the molecule is CCCCCS[CH]CSCCCC. The summed E-state index contributed by atoms with van der Waals surface area (Å²) in [6, 6.07) is 0. The van der Waals surface area contributed by atoms with Crippen molar-refractivity contribution >= 4 is 23.5 Å². The van der Waals surface area contributed by atoms with Crippen molar-refractivity contribution in [1.29, 1.82) is 0 Å². The maximum Gasteiger partial charge on any atom is 0.0265 e. The molecule has 79 valence electrons.